The van der Waals surface area contributed by atoms with Crippen LogP contribution in [0.3, 0.4) is 0 Å². The molecule has 0 bridgehead atoms. The molecule has 0 amide bonds. The van der Waals surface area contributed by atoms with Crippen LogP contribution in [0.15, 0.2) is 33.6 Å². The van der Waals surface area contributed by atoms with E-state index in [1.54, 1.807) is 17.1 Å². The van der Waals surface area contributed by atoms with Crippen LogP contribution in [0.4, 0.5) is 0 Å². The van der Waals surface area contributed by atoms with Crippen molar-refractivity contribution in [3.63, 3.8) is 0 Å². The molecule has 3 aromatic rings. The highest BCUT2D eigenvalue weighted by Crippen LogP contribution is 2.36. The van der Waals surface area contributed by atoms with Crippen LogP contribution in [0.2, 0.25) is 0 Å². The molecule has 0 aliphatic heterocycles. The summed E-state index contributed by atoms with van der Waals surface area (Å²) in [6, 6.07) is 0. The normalized spacial score (nSPS) is 16.9. The third-order valence-corrected chi connectivity index (χ3v) is 6.21. The lowest BCUT2D eigenvalue weighted by Gasteiger charge is -2.18. The molecule has 0 saturated heterocycles. The van der Waals surface area contributed by atoms with E-state index in [4.69, 9.17) is 39.9 Å². The first-order valence-corrected chi connectivity index (χ1v) is 10.1. The highest BCUT2D eigenvalue weighted by atomic mass is 35.5. The lowest BCUT2D eigenvalue weighted by molar-refractivity contribution is -0.138. The topological polar surface area (TPSA) is 124 Å². The van der Waals surface area contributed by atoms with Crippen molar-refractivity contribution in [2.75, 3.05) is 0 Å². The zero-order valence-corrected chi connectivity index (χ0v) is 17.5. The zero-order valence-electron chi connectivity index (χ0n) is 14.4. The second-order valence-electron chi connectivity index (χ2n) is 6.09. The Morgan fingerprint density at radius 1 is 1.28 bits per heavy atom. The first-order valence-electron chi connectivity index (χ1n) is 8.17. The van der Waals surface area contributed by atoms with Crippen molar-refractivity contribution in [1.29, 1.82) is 0 Å². The van der Waals surface area contributed by atoms with Gasteiger partial charge in [-0.15, -0.1) is 26.6 Å². The maximum atomic E-state index is 10.7. The van der Waals surface area contributed by atoms with Crippen molar-refractivity contribution in [1.82, 2.24) is 40.2 Å². The van der Waals surface area contributed by atoms with Gasteiger partial charge in [-0.05, 0) is 11.6 Å². The maximum Gasteiger partial charge on any atom is 0.327 e. The van der Waals surface area contributed by atoms with Gasteiger partial charge in [-0.3, -0.25) is 9.48 Å². The minimum atomic E-state index is -1.05. The summed E-state index contributed by atoms with van der Waals surface area (Å²) in [6.07, 6.45) is 5.78. The second-order valence-corrected chi connectivity index (χ2v) is 8.36. The summed E-state index contributed by atoms with van der Waals surface area (Å²) in [5, 5.41) is 30.6. The lowest BCUT2D eigenvalue weighted by atomic mass is 10.0. The van der Waals surface area contributed by atoms with Crippen molar-refractivity contribution >= 4 is 52.1 Å². The molecule has 0 saturated carbocycles. The number of carboxylic acids is 1. The molecule has 150 valence electrons. The SMILES string of the molecule is O=C(O)Cn1nnc(-c2cnc(-c3cn(CC4C=C(Cl)C(Cl)=C(Cl)C4)nn3)s2)n1. The number of carbonyl (C=O) groups is 1. The molecule has 29 heavy (non-hydrogen) atoms. The molecule has 3 aromatic heterocycles. The molecule has 4 rings (SSSR count). The fourth-order valence-corrected chi connectivity index (χ4v) is 4.23. The first kappa shape index (κ1) is 20.0. The molecule has 10 nitrogen and oxygen atoms in total. The Balaban J connectivity index is 1.47. The Morgan fingerprint density at radius 3 is 2.86 bits per heavy atom. The quantitative estimate of drug-likeness (QED) is 0.579. The second kappa shape index (κ2) is 8.19. The van der Waals surface area contributed by atoms with E-state index in [1.807, 2.05) is 6.08 Å². The van der Waals surface area contributed by atoms with Crippen LogP contribution < -0.4 is 0 Å². The monoisotopic (exact) mass is 472 g/mol. The number of aliphatic carboxylic acids is 1. The molecule has 0 aromatic carbocycles. The van der Waals surface area contributed by atoms with Gasteiger partial charge in [0.25, 0.3) is 0 Å². The van der Waals surface area contributed by atoms with E-state index < -0.39 is 5.97 Å². The van der Waals surface area contributed by atoms with E-state index in [-0.39, 0.29) is 12.5 Å². The van der Waals surface area contributed by atoms with Crippen LogP contribution in [-0.4, -0.2) is 51.3 Å². The number of nitrogens with zero attached hydrogens (tertiary/aromatic N) is 8. The van der Waals surface area contributed by atoms with Crippen LogP contribution >= 0.6 is 46.1 Å². The first-order chi connectivity index (χ1) is 13.9. The van der Waals surface area contributed by atoms with Gasteiger partial charge >= 0.3 is 5.97 Å². The van der Waals surface area contributed by atoms with Crippen LogP contribution in [0.25, 0.3) is 21.4 Å². The minimum Gasteiger partial charge on any atom is -0.480 e. The fourth-order valence-electron chi connectivity index (χ4n) is 2.66. The van der Waals surface area contributed by atoms with Gasteiger partial charge in [0, 0.05) is 23.7 Å². The summed E-state index contributed by atoms with van der Waals surface area (Å²) in [7, 11) is 0. The number of aromatic nitrogens is 8. The van der Waals surface area contributed by atoms with E-state index in [1.165, 1.54) is 11.3 Å². The number of hydrogen-bond donors (Lipinski definition) is 1. The van der Waals surface area contributed by atoms with Crippen molar-refractivity contribution in [3.05, 3.63) is 33.6 Å². The molecule has 1 N–H and O–H groups in total. The number of tetrazole rings is 1. The van der Waals surface area contributed by atoms with E-state index in [0.717, 1.165) is 4.80 Å². The molecule has 1 atom stereocenters. The van der Waals surface area contributed by atoms with Gasteiger partial charge in [-0.25, -0.2) is 4.98 Å². The molecule has 14 heteroatoms. The number of rotatable bonds is 6. The third-order valence-electron chi connectivity index (χ3n) is 3.91. The summed E-state index contributed by atoms with van der Waals surface area (Å²) in [5.41, 5.74) is 0.588. The van der Waals surface area contributed by atoms with Crippen LogP contribution in [0.5, 0.6) is 0 Å². The Hall–Kier alpha value is -2.34. The molecular weight excluding hydrogens is 463 g/mol. The Bertz CT molecular complexity index is 1130. The van der Waals surface area contributed by atoms with Crippen molar-refractivity contribution in [3.8, 4) is 21.4 Å². The van der Waals surface area contributed by atoms with E-state index in [2.05, 4.69) is 30.7 Å². The standard InChI is InChI=1S/C15H11Cl3N8O2S/c16-8-1-7(2-9(17)13(8)18)4-25-5-10(20-23-25)15-19-3-11(29-15)14-21-24-26(22-14)6-12(27)28/h1,3,5,7H,2,4,6H2,(H,27,28). The predicted octanol–water partition coefficient (Wildman–Crippen LogP) is 2.97. The molecule has 0 radical (unpaired) electrons. The molecule has 1 aliphatic rings. The number of allylic oxidation sites excluding steroid dienone is 4. The average Bonchev–Trinajstić information content (AvgIpc) is 3.39. The van der Waals surface area contributed by atoms with Crippen molar-refractivity contribution in [2.45, 2.75) is 19.5 Å². The molecule has 3 heterocycles. The molecule has 0 spiro atoms. The molecule has 1 unspecified atom stereocenters. The summed E-state index contributed by atoms with van der Waals surface area (Å²) < 4.78 is 1.69. The van der Waals surface area contributed by atoms with Crippen molar-refractivity contribution in [2.24, 2.45) is 5.92 Å². The summed E-state index contributed by atoms with van der Waals surface area (Å²) in [5.74, 6) is -0.709. The average molecular weight is 474 g/mol. The number of hydrogen-bond acceptors (Lipinski definition) is 8. The lowest BCUT2D eigenvalue weighted by Crippen LogP contribution is -2.12. The summed E-state index contributed by atoms with van der Waals surface area (Å²) >= 11 is 19.5. The van der Waals surface area contributed by atoms with E-state index in [0.29, 0.717) is 49.5 Å². The van der Waals surface area contributed by atoms with Gasteiger partial charge in [0.05, 0.1) is 21.1 Å². The van der Waals surface area contributed by atoms with Crippen LogP contribution in [0, 0.1) is 5.92 Å². The Morgan fingerprint density at radius 2 is 2.10 bits per heavy atom. The summed E-state index contributed by atoms with van der Waals surface area (Å²) in [4.78, 5) is 16.7. The number of halogens is 3. The van der Waals surface area contributed by atoms with Gasteiger partial charge in [-0.2, -0.15) is 4.80 Å². The number of thiazole rings is 1. The number of carboxylic acid groups (broad SMARTS) is 1. The van der Waals surface area contributed by atoms with Gasteiger partial charge in [0.2, 0.25) is 5.82 Å². The van der Waals surface area contributed by atoms with Gasteiger partial charge < -0.3 is 5.11 Å². The molecule has 1 aliphatic carbocycles. The van der Waals surface area contributed by atoms with Crippen molar-refractivity contribution < 1.29 is 9.90 Å². The van der Waals surface area contributed by atoms with Gasteiger partial charge in [-0.1, -0.05) is 46.1 Å². The Labute approximate surface area is 182 Å². The Kier molecular flexibility index (Phi) is 5.63. The van der Waals surface area contributed by atoms with Gasteiger partial charge in [0.1, 0.15) is 10.7 Å². The molecule has 0 fully saturated rings. The van der Waals surface area contributed by atoms with Gasteiger partial charge in [0.15, 0.2) is 6.54 Å². The predicted molar refractivity (Wildman–Crippen MR) is 106 cm³/mol. The van der Waals surface area contributed by atoms with E-state index in [9.17, 15) is 4.79 Å². The van der Waals surface area contributed by atoms with Crippen LogP contribution in [0.1, 0.15) is 6.42 Å². The zero-order chi connectivity index (χ0) is 20.5. The highest BCUT2D eigenvalue weighted by molar-refractivity contribution is 7.18. The molecular formula is C15H11Cl3N8O2S. The summed E-state index contributed by atoms with van der Waals surface area (Å²) in [6.45, 7) is 0.171. The fraction of sp³-hybridized carbons (Fsp3) is 0.267. The highest BCUT2D eigenvalue weighted by Gasteiger charge is 2.21. The minimum absolute atomic E-state index is 0.0485. The largest absolute Gasteiger partial charge is 0.480 e. The third kappa shape index (κ3) is 4.47. The van der Waals surface area contributed by atoms with Crippen LogP contribution in [-0.2, 0) is 17.9 Å². The van der Waals surface area contributed by atoms with E-state index >= 15 is 0 Å². The maximum absolute atomic E-state index is 10.7. The smallest absolute Gasteiger partial charge is 0.327 e.